The number of sulfonamides is 1. The average molecular weight is 261 g/mol. The van der Waals surface area contributed by atoms with E-state index < -0.39 is 15.3 Å². The summed E-state index contributed by atoms with van der Waals surface area (Å²) in [5.41, 5.74) is 5.42. The normalized spacial score (nSPS) is 28.2. The van der Waals surface area contributed by atoms with Gasteiger partial charge in [0.15, 0.2) is 0 Å². The Kier molecular flexibility index (Phi) is 3.42. The lowest BCUT2D eigenvalue weighted by molar-refractivity contribution is -0.130. The molecule has 0 aliphatic carbocycles. The Balaban J connectivity index is 2.09. The summed E-state index contributed by atoms with van der Waals surface area (Å²) in [5.74, 6) is 0.152. The summed E-state index contributed by atoms with van der Waals surface area (Å²) in [5, 5.41) is -0.550. The molecule has 2 atom stereocenters. The lowest BCUT2D eigenvalue weighted by Crippen LogP contribution is -2.55. The zero-order valence-corrected chi connectivity index (χ0v) is 10.8. The average Bonchev–Trinajstić information content (AvgIpc) is 2.69. The lowest BCUT2D eigenvalue weighted by Gasteiger charge is -2.37. The molecule has 2 aliphatic rings. The molecule has 0 aromatic carbocycles. The topological polar surface area (TPSA) is 83.7 Å². The molecule has 98 valence electrons. The predicted octanol–water partition coefficient (Wildman–Crippen LogP) is -1.03. The fourth-order valence-electron chi connectivity index (χ4n) is 2.44. The number of carbonyl (C=O) groups excluding carboxylic acids is 1. The van der Waals surface area contributed by atoms with Crippen molar-refractivity contribution in [2.45, 2.75) is 31.1 Å². The third-order valence-corrected chi connectivity index (χ3v) is 5.92. The van der Waals surface area contributed by atoms with Crippen LogP contribution in [0.5, 0.6) is 0 Å². The van der Waals surface area contributed by atoms with E-state index in [9.17, 15) is 13.2 Å². The molecular weight excluding hydrogens is 242 g/mol. The summed E-state index contributed by atoms with van der Waals surface area (Å²) in [6.07, 6.45) is 1.31. The van der Waals surface area contributed by atoms with E-state index in [1.807, 2.05) is 0 Å². The van der Waals surface area contributed by atoms with E-state index >= 15 is 0 Å². The van der Waals surface area contributed by atoms with E-state index in [0.717, 1.165) is 6.42 Å². The zero-order chi connectivity index (χ0) is 12.6. The maximum absolute atomic E-state index is 12.1. The van der Waals surface area contributed by atoms with Crippen molar-refractivity contribution in [3.63, 3.8) is 0 Å². The van der Waals surface area contributed by atoms with Crippen LogP contribution in [0.25, 0.3) is 0 Å². The molecule has 7 heteroatoms. The van der Waals surface area contributed by atoms with Crippen molar-refractivity contribution in [2.24, 2.45) is 5.73 Å². The van der Waals surface area contributed by atoms with Crippen LogP contribution in [0.4, 0.5) is 0 Å². The van der Waals surface area contributed by atoms with Gasteiger partial charge in [-0.15, -0.1) is 0 Å². The van der Waals surface area contributed by atoms with Crippen molar-refractivity contribution in [1.29, 1.82) is 0 Å². The summed E-state index contributed by atoms with van der Waals surface area (Å²) in [6.45, 7) is 3.10. The number of piperazine rings is 1. The molecular formula is C10H19N3O3S. The molecule has 0 saturated carbocycles. The number of hydrogen-bond acceptors (Lipinski definition) is 4. The minimum atomic E-state index is -3.30. The summed E-state index contributed by atoms with van der Waals surface area (Å²) in [4.78, 5) is 13.3. The van der Waals surface area contributed by atoms with Gasteiger partial charge >= 0.3 is 0 Å². The van der Waals surface area contributed by atoms with E-state index in [4.69, 9.17) is 5.73 Å². The number of hydrogen-bond donors (Lipinski definition) is 1. The second-order valence-corrected chi connectivity index (χ2v) is 7.08. The van der Waals surface area contributed by atoms with Gasteiger partial charge in [0, 0.05) is 38.6 Å². The van der Waals surface area contributed by atoms with Crippen molar-refractivity contribution in [3.8, 4) is 0 Å². The van der Waals surface area contributed by atoms with Crippen LogP contribution >= 0.6 is 0 Å². The summed E-state index contributed by atoms with van der Waals surface area (Å²) >= 11 is 0. The van der Waals surface area contributed by atoms with E-state index in [-0.39, 0.29) is 18.5 Å². The van der Waals surface area contributed by atoms with Gasteiger partial charge in [-0.05, 0) is 13.3 Å². The third kappa shape index (κ3) is 2.19. The first kappa shape index (κ1) is 12.8. The van der Waals surface area contributed by atoms with Crippen LogP contribution < -0.4 is 5.73 Å². The van der Waals surface area contributed by atoms with Gasteiger partial charge in [0.05, 0.1) is 5.25 Å². The quantitative estimate of drug-likeness (QED) is 0.704. The van der Waals surface area contributed by atoms with Gasteiger partial charge in [-0.1, -0.05) is 0 Å². The molecule has 0 aromatic heterocycles. The Hall–Kier alpha value is -0.660. The van der Waals surface area contributed by atoms with Crippen LogP contribution in [0.1, 0.15) is 19.8 Å². The Labute approximate surface area is 102 Å². The van der Waals surface area contributed by atoms with E-state index in [2.05, 4.69) is 0 Å². The smallest absolute Gasteiger partial charge is 0.222 e. The van der Waals surface area contributed by atoms with Crippen LogP contribution in [0, 0.1) is 0 Å². The van der Waals surface area contributed by atoms with Gasteiger partial charge in [0.2, 0.25) is 15.9 Å². The van der Waals surface area contributed by atoms with Crippen LogP contribution in [0.3, 0.4) is 0 Å². The lowest BCUT2D eigenvalue weighted by atomic mass is 10.2. The number of amides is 1. The molecule has 2 N–H and O–H groups in total. The van der Waals surface area contributed by atoms with Crippen molar-refractivity contribution >= 4 is 15.9 Å². The van der Waals surface area contributed by atoms with Crippen molar-refractivity contribution in [3.05, 3.63) is 0 Å². The van der Waals surface area contributed by atoms with Gasteiger partial charge in [-0.2, -0.15) is 4.31 Å². The Bertz CT molecular complexity index is 409. The van der Waals surface area contributed by atoms with Crippen LogP contribution in [0.2, 0.25) is 0 Å². The van der Waals surface area contributed by atoms with Gasteiger partial charge in [-0.25, -0.2) is 8.42 Å². The largest absolute Gasteiger partial charge is 0.337 e. The highest BCUT2D eigenvalue weighted by atomic mass is 32.2. The summed E-state index contributed by atoms with van der Waals surface area (Å²) in [6, 6.07) is 0.0657. The number of nitrogens with zero attached hydrogens (tertiary/aromatic N) is 2. The molecule has 6 nitrogen and oxygen atoms in total. The molecule has 0 bridgehead atoms. The van der Waals surface area contributed by atoms with E-state index in [0.29, 0.717) is 26.1 Å². The standard InChI is InChI=1S/C10H19N3O3S/c1-8(6-11)17(15,16)12-4-5-13-9(7-12)2-3-10(13)14/h8-9H,2-7,11H2,1H3. The van der Waals surface area contributed by atoms with Crippen LogP contribution in [-0.2, 0) is 14.8 Å². The molecule has 0 spiro atoms. The number of rotatable bonds is 3. The molecule has 0 aromatic rings. The summed E-state index contributed by atoms with van der Waals surface area (Å²) in [7, 11) is -3.30. The second-order valence-electron chi connectivity index (χ2n) is 4.73. The molecule has 2 unspecified atom stereocenters. The van der Waals surface area contributed by atoms with Crippen LogP contribution in [-0.4, -0.2) is 61.0 Å². The number of fused-ring (bicyclic) bond motifs is 1. The zero-order valence-electron chi connectivity index (χ0n) is 10.0. The third-order valence-electron chi connectivity index (χ3n) is 3.66. The highest BCUT2D eigenvalue weighted by molar-refractivity contribution is 7.89. The maximum Gasteiger partial charge on any atom is 0.222 e. The highest BCUT2D eigenvalue weighted by Gasteiger charge is 2.40. The number of nitrogens with two attached hydrogens (primary N) is 1. The molecule has 0 radical (unpaired) electrons. The van der Waals surface area contributed by atoms with Gasteiger partial charge < -0.3 is 10.6 Å². The maximum atomic E-state index is 12.1. The molecule has 2 saturated heterocycles. The van der Waals surface area contributed by atoms with Gasteiger partial charge in [0.1, 0.15) is 0 Å². The predicted molar refractivity (Wildman–Crippen MR) is 63.7 cm³/mol. The molecule has 2 rings (SSSR count). The first-order chi connectivity index (χ1) is 7.96. The van der Waals surface area contributed by atoms with Crippen molar-refractivity contribution in [1.82, 2.24) is 9.21 Å². The highest BCUT2D eigenvalue weighted by Crippen LogP contribution is 2.25. The van der Waals surface area contributed by atoms with E-state index in [1.165, 1.54) is 4.31 Å². The number of carbonyl (C=O) groups is 1. The first-order valence-electron chi connectivity index (χ1n) is 5.95. The summed E-state index contributed by atoms with van der Waals surface area (Å²) < 4.78 is 25.7. The fourth-order valence-corrected chi connectivity index (χ4v) is 3.91. The van der Waals surface area contributed by atoms with Crippen molar-refractivity contribution in [2.75, 3.05) is 26.2 Å². The first-order valence-corrected chi connectivity index (χ1v) is 7.45. The molecule has 2 aliphatic heterocycles. The van der Waals surface area contributed by atoms with Crippen LogP contribution in [0.15, 0.2) is 0 Å². The molecule has 2 fully saturated rings. The van der Waals surface area contributed by atoms with Gasteiger partial charge in [-0.3, -0.25) is 4.79 Å². The molecule has 17 heavy (non-hydrogen) atoms. The molecule has 2 heterocycles. The van der Waals surface area contributed by atoms with Crippen molar-refractivity contribution < 1.29 is 13.2 Å². The monoisotopic (exact) mass is 261 g/mol. The SMILES string of the molecule is CC(CN)S(=O)(=O)N1CCN2C(=O)CCC2C1. The Morgan fingerprint density at radius 1 is 1.47 bits per heavy atom. The minimum Gasteiger partial charge on any atom is -0.337 e. The Morgan fingerprint density at radius 3 is 2.82 bits per heavy atom. The fraction of sp³-hybridized carbons (Fsp3) is 0.900. The minimum absolute atomic E-state index is 0.0657. The second kappa shape index (κ2) is 4.55. The Morgan fingerprint density at radius 2 is 2.18 bits per heavy atom. The van der Waals surface area contributed by atoms with E-state index in [1.54, 1.807) is 11.8 Å². The molecule has 1 amide bonds. The van der Waals surface area contributed by atoms with Gasteiger partial charge in [0.25, 0.3) is 0 Å².